The van der Waals surface area contributed by atoms with Gasteiger partial charge in [0.25, 0.3) is 0 Å². The number of aromatic nitrogens is 4. The fourth-order valence-corrected chi connectivity index (χ4v) is 11.2. The van der Waals surface area contributed by atoms with Crippen LogP contribution >= 0.6 is 0 Å². The predicted octanol–water partition coefficient (Wildman–Crippen LogP) is 16.3. The number of nitriles is 1. The smallest absolute Gasteiger partial charge is 0.200 e. The summed E-state index contributed by atoms with van der Waals surface area (Å²) in [5.41, 5.74) is 7.40. The molecule has 0 saturated heterocycles. The van der Waals surface area contributed by atoms with E-state index in [1.165, 1.54) is 12.1 Å². The molecule has 0 saturated carbocycles. The van der Waals surface area contributed by atoms with Gasteiger partial charge in [-0.1, -0.05) is 109 Å². The maximum absolute atomic E-state index is 16.2. The Labute approximate surface area is 399 Å². The third kappa shape index (κ3) is 5.60. The zero-order chi connectivity index (χ0) is 47.8. The Hall–Kier alpha value is -9.46. The molecule has 0 fully saturated rings. The van der Waals surface area contributed by atoms with Crippen molar-refractivity contribution in [2.45, 2.75) is 0 Å². The molecule has 10 aromatic carbocycles. The summed E-state index contributed by atoms with van der Waals surface area (Å²) in [7, 11) is 0. The first-order valence-corrected chi connectivity index (χ1v) is 22.9. The molecule has 0 bridgehead atoms. The van der Waals surface area contributed by atoms with E-state index in [4.69, 9.17) is 0 Å². The van der Waals surface area contributed by atoms with Gasteiger partial charge in [-0.2, -0.15) is 5.26 Å². The Bertz CT molecular complexity index is 4290. The van der Waals surface area contributed by atoms with E-state index in [9.17, 15) is 9.65 Å². The Morgan fingerprint density at radius 3 is 0.915 bits per heavy atom. The van der Waals surface area contributed by atoms with E-state index in [1.54, 1.807) is 0 Å². The molecule has 71 heavy (non-hydrogen) atoms. The normalized spacial score (nSPS) is 12.0. The number of benzene rings is 10. The van der Waals surface area contributed by atoms with Crippen LogP contribution in [0, 0.1) is 40.4 Å². The van der Waals surface area contributed by atoms with Gasteiger partial charge in [0, 0.05) is 54.5 Å². The lowest BCUT2D eigenvalue weighted by atomic mass is 9.98. The van der Waals surface area contributed by atoms with Gasteiger partial charge >= 0.3 is 0 Å². The lowest BCUT2D eigenvalue weighted by molar-refractivity contribution is 0.381. The van der Waals surface area contributed by atoms with Crippen LogP contribution in [0.4, 0.5) is 22.0 Å². The predicted molar refractivity (Wildman–Crippen MR) is 274 cm³/mol. The number of para-hydroxylation sites is 6. The second kappa shape index (κ2) is 15.0. The SMILES string of the molecule is N#Cc1c(-n2c3ccccc3c3cc(-n4c5ccccc5c5ccccc54)ccc32)cc(-c2c(F)c(F)c(F)c(F)c2F)cc1-n1c2ccccc2c2cc(-n3c4ccccc4c4ccccc43)ccc21. The minimum absolute atomic E-state index is 0.0980. The molecule has 0 amide bonds. The van der Waals surface area contributed by atoms with Crippen molar-refractivity contribution in [1.29, 1.82) is 5.26 Å². The molecule has 336 valence electrons. The van der Waals surface area contributed by atoms with Gasteiger partial charge in [-0.05, 0) is 90.5 Å². The number of rotatable bonds is 5. The standard InChI is InChI=1S/C61H32F5N5/c62-57-56(58(63)60(65)61(66)59(57)64)34-29-54(70-50-23-11-5-17-41(50)43-31-35(25-27-52(43)70)68-46-19-7-1-13-37(46)38-14-2-8-20-47(38)68)45(33-67)55(30-34)71-51-24-12-6-18-42(51)44-32-36(26-28-53(44)71)69-48-21-9-3-15-39(48)40-16-4-10-22-49(40)69/h1-32H. The van der Waals surface area contributed by atoms with Crippen LogP contribution in [0.1, 0.15) is 5.56 Å². The number of fused-ring (bicyclic) bond motifs is 12. The van der Waals surface area contributed by atoms with Crippen LogP contribution in [0.5, 0.6) is 0 Å². The number of nitrogens with zero attached hydrogens (tertiary/aromatic N) is 5. The summed E-state index contributed by atoms with van der Waals surface area (Å²) in [6.45, 7) is 0. The molecule has 0 radical (unpaired) electrons. The van der Waals surface area contributed by atoms with Gasteiger partial charge in [-0.3, -0.25) is 0 Å². The molecule has 0 unspecified atom stereocenters. The van der Waals surface area contributed by atoms with Crippen molar-refractivity contribution in [2.24, 2.45) is 0 Å². The van der Waals surface area contributed by atoms with Crippen LogP contribution in [0.3, 0.4) is 0 Å². The summed E-state index contributed by atoms with van der Waals surface area (Å²) in [6.07, 6.45) is 0. The summed E-state index contributed by atoms with van der Waals surface area (Å²) in [5.74, 6) is -10.4. The summed E-state index contributed by atoms with van der Waals surface area (Å²) >= 11 is 0. The Morgan fingerprint density at radius 1 is 0.296 bits per heavy atom. The molecule has 14 aromatic rings. The lowest BCUT2D eigenvalue weighted by Gasteiger charge is -2.19. The molecule has 0 aliphatic heterocycles. The molecule has 0 N–H and O–H groups in total. The maximum atomic E-state index is 16.2. The zero-order valence-corrected chi connectivity index (χ0v) is 37.1. The molecule has 4 aromatic heterocycles. The highest BCUT2D eigenvalue weighted by molar-refractivity contribution is 6.14. The Morgan fingerprint density at radius 2 is 0.577 bits per heavy atom. The molecule has 0 atom stereocenters. The molecule has 5 nitrogen and oxygen atoms in total. The van der Waals surface area contributed by atoms with Crippen molar-refractivity contribution >= 4 is 87.2 Å². The minimum Gasteiger partial charge on any atom is -0.309 e. The number of hydrogen-bond acceptors (Lipinski definition) is 1. The van der Waals surface area contributed by atoms with E-state index in [1.807, 2.05) is 130 Å². The van der Waals surface area contributed by atoms with E-state index in [-0.39, 0.29) is 22.5 Å². The first-order chi connectivity index (χ1) is 34.8. The summed E-state index contributed by atoms with van der Waals surface area (Å²) in [6, 6.07) is 65.1. The van der Waals surface area contributed by atoms with Gasteiger partial charge in [-0.25, -0.2) is 22.0 Å². The average molecular weight is 930 g/mol. The van der Waals surface area contributed by atoms with Gasteiger partial charge in [0.1, 0.15) is 11.6 Å². The van der Waals surface area contributed by atoms with Crippen LogP contribution in [-0.2, 0) is 0 Å². The molecular weight excluding hydrogens is 898 g/mol. The van der Waals surface area contributed by atoms with Crippen molar-refractivity contribution in [3.8, 4) is 39.9 Å². The molecule has 4 heterocycles. The first kappa shape index (κ1) is 40.6. The van der Waals surface area contributed by atoms with Crippen LogP contribution in [-0.4, -0.2) is 18.3 Å². The third-order valence-electron chi connectivity index (χ3n) is 14.2. The molecule has 14 rings (SSSR count). The Balaban J connectivity index is 1.07. The van der Waals surface area contributed by atoms with Gasteiger partial charge < -0.3 is 18.3 Å². The molecule has 0 spiro atoms. The largest absolute Gasteiger partial charge is 0.309 e. The lowest BCUT2D eigenvalue weighted by Crippen LogP contribution is -2.08. The third-order valence-corrected chi connectivity index (χ3v) is 14.2. The highest BCUT2D eigenvalue weighted by Gasteiger charge is 2.30. The summed E-state index contributed by atoms with van der Waals surface area (Å²) in [4.78, 5) is 0. The molecule has 0 aliphatic carbocycles. The van der Waals surface area contributed by atoms with Gasteiger partial charge in [0.15, 0.2) is 23.3 Å². The van der Waals surface area contributed by atoms with Crippen LogP contribution < -0.4 is 0 Å². The van der Waals surface area contributed by atoms with E-state index in [0.717, 1.165) is 76.5 Å². The number of halogens is 5. The highest BCUT2D eigenvalue weighted by atomic mass is 19.2. The summed E-state index contributed by atoms with van der Waals surface area (Å²) in [5, 5.41) is 19.1. The zero-order valence-electron chi connectivity index (χ0n) is 37.1. The Kier molecular flexibility index (Phi) is 8.59. The quantitative estimate of drug-likeness (QED) is 0.0963. The second-order valence-corrected chi connectivity index (χ2v) is 17.8. The van der Waals surface area contributed by atoms with Crippen molar-refractivity contribution in [3.63, 3.8) is 0 Å². The van der Waals surface area contributed by atoms with Crippen molar-refractivity contribution in [3.05, 3.63) is 229 Å². The van der Waals surface area contributed by atoms with E-state index < -0.39 is 34.6 Å². The second-order valence-electron chi connectivity index (χ2n) is 17.8. The highest BCUT2D eigenvalue weighted by Crippen LogP contribution is 2.44. The monoisotopic (exact) mass is 929 g/mol. The summed E-state index contributed by atoms with van der Waals surface area (Å²) < 4.78 is 85.9. The topological polar surface area (TPSA) is 43.5 Å². The van der Waals surface area contributed by atoms with Gasteiger partial charge in [-0.15, -0.1) is 0 Å². The van der Waals surface area contributed by atoms with Gasteiger partial charge in [0.2, 0.25) is 5.82 Å². The fraction of sp³-hybridized carbons (Fsp3) is 0. The molecule has 10 heteroatoms. The molecular formula is C61H32F5N5. The van der Waals surface area contributed by atoms with Crippen molar-refractivity contribution in [2.75, 3.05) is 0 Å². The van der Waals surface area contributed by atoms with E-state index >= 15 is 17.6 Å². The van der Waals surface area contributed by atoms with Crippen LogP contribution in [0.2, 0.25) is 0 Å². The van der Waals surface area contributed by atoms with Crippen LogP contribution in [0.25, 0.3) is 121 Å². The fourth-order valence-electron chi connectivity index (χ4n) is 11.2. The van der Waals surface area contributed by atoms with E-state index in [0.29, 0.717) is 22.1 Å². The van der Waals surface area contributed by atoms with Gasteiger partial charge in [0.05, 0.1) is 61.1 Å². The van der Waals surface area contributed by atoms with Crippen molar-refractivity contribution < 1.29 is 22.0 Å². The van der Waals surface area contributed by atoms with E-state index in [2.05, 4.69) is 75.9 Å². The molecule has 0 aliphatic rings. The average Bonchev–Trinajstić information content (AvgIpc) is 4.14. The maximum Gasteiger partial charge on any atom is 0.200 e. The number of hydrogen-bond donors (Lipinski definition) is 0. The van der Waals surface area contributed by atoms with Crippen LogP contribution in [0.15, 0.2) is 194 Å². The van der Waals surface area contributed by atoms with Crippen molar-refractivity contribution in [1.82, 2.24) is 18.3 Å². The minimum atomic E-state index is -2.26. The first-order valence-electron chi connectivity index (χ1n) is 22.9.